The maximum absolute atomic E-state index is 13.2. The Morgan fingerprint density at radius 2 is 1.64 bits per heavy atom. The molecule has 6 rings (SSSR count). The third-order valence-corrected chi connectivity index (χ3v) is 7.02. The summed E-state index contributed by atoms with van der Waals surface area (Å²) in [7, 11) is 3.22. The summed E-state index contributed by atoms with van der Waals surface area (Å²) in [5, 5.41) is 3.89. The van der Waals surface area contributed by atoms with Gasteiger partial charge in [-0.25, -0.2) is 0 Å². The van der Waals surface area contributed by atoms with Gasteiger partial charge in [-0.2, -0.15) is 0 Å². The molecular formula is C31H27N3O5. The Morgan fingerprint density at radius 1 is 0.897 bits per heavy atom. The van der Waals surface area contributed by atoms with Gasteiger partial charge in [0.25, 0.3) is 11.8 Å². The van der Waals surface area contributed by atoms with Crippen LogP contribution < -0.4 is 14.8 Å². The summed E-state index contributed by atoms with van der Waals surface area (Å²) in [5.74, 6) is 1.82. The first kappa shape index (κ1) is 24.4. The highest BCUT2D eigenvalue weighted by Crippen LogP contribution is 2.34. The molecule has 8 nitrogen and oxygen atoms in total. The Balaban J connectivity index is 1.13. The predicted molar refractivity (Wildman–Crippen MR) is 148 cm³/mol. The molecule has 0 radical (unpaired) electrons. The maximum atomic E-state index is 13.2. The average Bonchev–Trinajstić information content (AvgIpc) is 3.64. The van der Waals surface area contributed by atoms with Gasteiger partial charge in [0.2, 0.25) is 0 Å². The molecule has 2 amide bonds. The van der Waals surface area contributed by atoms with Crippen molar-refractivity contribution >= 4 is 28.4 Å². The van der Waals surface area contributed by atoms with Crippen LogP contribution in [0.1, 0.15) is 32.2 Å². The molecule has 196 valence electrons. The number of anilines is 1. The average molecular weight is 522 g/mol. The van der Waals surface area contributed by atoms with Crippen LogP contribution in [0.25, 0.3) is 22.2 Å². The monoisotopic (exact) mass is 521 g/mol. The molecule has 0 fully saturated rings. The lowest BCUT2D eigenvalue weighted by molar-refractivity contribution is 0.0703. The molecule has 8 heteroatoms. The number of rotatable bonds is 6. The molecular weight excluding hydrogens is 494 g/mol. The van der Waals surface area contributed by atoms with Gasteiger partial charge in [-0.1, -0.05) is 18.2 Å². The minimum Gasteiger partial charge on any atom is -0.493 e. The lowest BCUT2D eigenvalue weighted by Gasteiger charge is -2.29. The predicted octanol–water partition coefficient (Wildman–Crippen LogP) is 5.90. The highest BCUT2D eigenvalue weighted by atomic mass is 16.5. The number of aromatic nitrogens is 1. The van der Waals surface area contributed by atoms with E-state index in [0.29, 0.717) is 41.7 Å². The second kappa shape index (κ2) is 10.1. The Labute approximate surface area is 225 Å². The van der Waals surface area contributed by atoms with E-state index in [1.165, 1.54) is 0 Å². The van der Waals surface area contributed by atoms with E-state index >= 15 is 0 Å². The number of furan rings is 1. The van der Waals surface area contributed by atoms with Crippen LogP contribution in [0.15, 0.2) is 83.3 Å². The van der Waals surface area contributed by atoms with Gasteiger partial charge in [0.15, 0.2) is 17.3 Å². The number of benzene rings is 3. The molecule has 0 saturated carbocycles. The van der Waals surface area contributed by atoms with Gasteiger partial charge in [-0.3, -0.25) is 9.59 Å². The topological polar surface area (TPSA) is 96.8 Å². The summed E-state index contributed by atoms with van der Waals surface area (Å²) in [6.07, 6.45) is 0.723. The number of carbonyl (C=O) groups is 2. The first-order valence-corrected chi connectivity index (χ1v) is 12.6. The molecule has 0 atom stereocenters. The zero-order chi connectivity index (χ0) is 26.9. The minimum absolute atomic E-state index is 0.163. The SMILES string of the molecule is COc1cc2c(cc1OC)CN(C(=O)c1ccc(-c3ccc(NC(=O)c4cc5ccccc5[nH]4)cc3)o1)CC2. The zero-order valence-electron chi connectivity index (χ0n) is 21.6. The van der Waals surface area contributed by atoms with Gasteiger partial charge >= 0.3 is 0 Å². The van der Waals surface area contributed by atoms with Gasteiger partial charge < -0.3 is 29.1 Å². The van der Waals surface area contributed by atoms with Crippen molar-refractivity contribution in [2.24, 2.45) is 0 Å². The first-order valence-electron chi connectivity index (χ1n) is 12.6. The van der Waals surface area contributed by atoms with Crippen LogP contribution in [0.2, 0.25) is 0 Å². The molecule has 3 aromatic carbocycles. The summed E-state index contributed by atoms with van der Waals surface area (Å²) in [4.78, 5) is 30.8. The van der Waals surface area contributed by atoms with Crippen molar-refractivity contribution in [1.82, 2.24) is 9.88 Å². The van der Waals surface area contributed by atoms with Gasteiger partial charge in [-0.05, 0) is 78.2 Å². The van der Waals surface area contributed by atoms with Crippen molar-refractivity contribution in [2.75, 3.05) is 26.1 Å². The van der Waals surface area contributed by atoms with Gasteiger partial charge in [0.1, 0.15) is 11.5 Å². The number of carbonyl (C=O) groups excluding carboxylic acids is 2. The Kier molecular flexibility index (Phi) is 6.28. The van der Waals surface area contributed by atoms with E-state index in [-0.39, 0.29) is 17.6 Å². The lowest BCUT2D eigenvalue weighted by Crippen LogP contribution is -2.35. The van der Waals surface area contributed by atoms with Crippen LogP contribution in [0.5, 0.6) is 11.5 Å². The van der Waals surface area contributed by atoms with E-state index in [9.17, 15) is 9.59 Å². The molecule has 0 bridgehead atoms. The minimum atomic E-state index is -0.219. The Morgan fingerprint density at radius 3 is 2.38 bits per heavy atom. The van der Waals surface area contributed by atoms with E-state index in [4.69, 9.17) is 13.9 Å². The van der Waals surface area contributed by atoms with Crippen LogP contribution in [0.3, 0.4) is 0 Å². The van der Waals surface area contributed by atoms with E-state index in [0.717, 1.165) is 34.0 Å². The lowest BCUT2D eigenvalue weighted by atomic mass is 9.98. The van der Waals surface area contributed by atoms with Crippen LogP contribution in [-0.2, 0) is 13.0 Å². The van der Waals surface area contributed by atoms with Gasteiger partial charge in [0, 0.05) is 35.2 Å². The number of ether oxygens (including phenoxy) is 2. The Bertz CT molecular complexity index is 1650. The molecule has 3 heterocycles. The van der Waals surface area contributed by atoms with Crippen molar-refractivity contribution in [1.29, 1.82) is 0 Å². The fourth-order valence-electron chi connectivity index (χ4n) is 4.93. The van der Waals surface area contributed by atoms with E-state index in [2.05, 4.69) is 10.3 Å². The number of aromatic amines is 1. The van der Waals surface area contributed by atoms with Crippen LogP contribution in [0.4, 0.5) is 5.69 Å². The summed E-state index contributed by atoms with van der Waals surface area (Å²) >= 11 is 0. The maximum Gasteiger partial charge on any atom is 0.289 e. The second-order valence-electron chi connectivity index (χ2n) is 9.42. The Hall–Kier alpha value is -4.98. The molecule has 0 saturated heterocycles. The first-order chi connectivity index (χ1) is 19.0. The summed E-state index contributed by atoms with van der Waals surface area (Å²) in [6, 6.07) is 24.3. The molecule has 1 aliphatic rings. The summed E-state index contributed by atoms with van der Waals surface area (Å²) < 4.78 is 16.8. The van der Waals surface area contributed by atoms with Crippen molar-refractivity contribution < 1.29 is 23.5 Å². The third-order valence-electron chi connectivity index (χ3n) is 7.02. The second-order valence-corrected chi connectivity index (χ2v) is 9.42. The van der Waals surface area contributed by atoms with Crippen molar-refractivity contribution in [2.45, 2.75) is 13.0 Å². The molecule has 2 aromatic heterocycles. The van der Waals surface area contributed by atoms with E-state index in [1.807, 2.05) is 66.7 Å². The molecule has 0 spiro atoms. The number of nitrogens with zero attached hydrogens (tertiary/aromatic N) is 1. The summed E-state index contributed by atoms with van der Waals surface area (Å²) in [5.41, 5.74) is 5.04. The standard InChI is InChI=1S/C31H27N3O5/c1-37-28-16-20-13-14-34(18-22(20)17-29(28)38-2)31(36)27-12-11-26(39-27)19-7-9-23(10-8-19)32-30(35)25-15-21-5-3-4-6-24(21)33-25/h3-12,15-17,33H,13-14,18H2,1-2H3,(H,32,35). The smallest absolute Gasteiger partial charge is 0.289 e. The number of hydrogen-bond donors (Lipinski definition) is 2. The van der Waals surface area contributed by atoms with Crippen LogP contribution >= 0.6 is 0 Å². The fraction of sp³-hybridized carbons (Fsp3) is 0.161. The number of hydrogen-bond acceptors (Lipinski definition) is 5. The quantitative estimate of drug-likeness (QED) is 0.290. The zero-order valence-corrected chi connectivity index (χ0v) is 21.6. The molecule has 39 heavy (non-hydrogen) atoms. The number of fused-ring (bicyclic) bond motifs is 2. The molecule has 1 aliphatic heterocycles. The fourth-order valence-corrected chi connectivity index (χ4v) is 4.93. The van der Waals surface area contributed by atoms with Gasteiger partial charge in [-0.15, -0.1) is 0 Å². The molecule has 5 aromatic rings. The highest BCUT2D eigenvalue weighted by molar-refractivity contribution is 6.06. The van der Waals surface area contributed by atoms with Crippen molar-refractivity contribution in [3.63, 3.8) is 0 Å². The number of amides is 2. The largest absolute Gasteiger partial charge is 0.493 e. The third kappa shape index (κ3) is 4.72. The van der Waals surface area contributed by atoms with Crippen LogP contribution in [-0.4, -0.2) is 42.5 Å². The van der Waals surface area contributed by atoms with E-state index in [1.54, 1.807) is 31.3 Å². The van der Waals surface area contributed by atoms with Gasteiger partial charge in [0.05, 0.1) is 14.2 Å². The number of methoxy groups -OCH3 is 2. The van der Waals surface area contributed by atoms with Crippen molar-refractivity contribution in [3.05, 3.63) is 101 Å². The molecule has 0 unspecified atom stereocenters. The number of H-pyrrole nitrogens is 1. The van der Waals surface area contributed by atoms with Crippen molar-refractivity contribution in [3.8, 4) is 22.8 Å². The van der Waals surface area contributed by atoms with E-state index < -0.39 is 0 Å². The van der Waals surface area contributed by atoms with Crippen LogP contribution in [0, 0.1) is 0 Å². The highest BCUT2D eigenvalue weighted by Gasteiger charge is 2.26. The number of nitrogens with one attached hydrogen (secondary N) is 2. The molecule has 0 aliphatic carbocycles. The summed E-state index contributed by atoms with van der Waals surface area (Å²) in [6.45, 7) is 1.05. The normalized spacial score (nSPS) is 12.7. The molecule has 2 N–H and O–H groups in total. The number of para-hydroxylation sites is 1.